The second-order valence-corrected chi connectivity index (χ2v) is 6.50. The van der Waals surface area contributed by atoms with Gasteiger partial charge in [-0.2, -0.15) is 0 Å². The molecule has 0 radical (unpaired) electrons. The highest BCUT2D eigenvalue weighted by molar-refractivity contribution is 5.81. The molecular weight excluding hydrogens is 268 g/mol. The van der Waals surface area contributed by atoms with Crippen LogP contribution in [0.3, 0.4) is 0 Å². The van der Waals surface area contributed by atoms with E-state index in [0.717, 1.165) is 52.4 Å². The van der Waals surface area contributed by atoms with Crippen LogP contribution in [-0.2, 0) is 9.53 Å². The zero-order valence-electron chi connectivity index (χ0n) is 13.6. The molecule has 0 bridgehead atoms. The molecule has 2 heterocycles. The summed E-state index contributed by atoms with van der Waals surface area (Å²) in [6.45, 7) is 13.4. The Kier molecular flexibility index (Phi) is 5.98. The zero-order valence-corrected chi connectivity index (χ0v) is 13.6. The van der Waals surface area contributed by atoms with Crippen molar-refractivity contribution in [3.63, 3.8) is 0 Å². The second-order valence-electron chi connectivity index (χ2n) is 6.50. The van der Waals surface area contributed by atoms with Gasteiger partial charge in [0, 0.05) is 51.9 Å². The van der Waals surface area contributed by atoms with Crippen LogP contribution in [0.2, 0.25) is 0 Å². The Labute approximate surface area is 128 Å². The number of piperazine rings is 1. The molecule has 6 nitrogen and oxygen atoms in total. The topological polar surface area (TPSA) is 62.0 Å². The Balaban J connectivity index is 1.74. The Morgan fingerprint density at radius 3 is 2.43 bits per heavy atom. The molecule has 2 fully saturated rings. The summed E-state index contributed by atoms with van der Waals surface area (Å²) in [7, 11) is 0. The fourth-order valence-corrected chi connectivity index (χ4v) is 3.05. The number of carbonyl (C=O) groups is 1. The number of rotatable bonds is 4. The van der Waals surface area contributed by atoms with Crippen molar-refractivity contribution in [1.29, 1.82) is 0 Å². The van der Waals surface area contributed by atoms with Crippen molar-refractivity contribution in [2.75, 3.05) is 52.4 Å². The molecule has 0 aromatic heterocycles. The summed E-state index contributed by atoms with van der Waals surface area (Å²) in [5.74, 6) is 0.0644. The van der Waals surface area contributed by atoms with E-state index in [2.05, 4.69) is 23.6 Å². The van der Waals surface area contributed by atoms with Crippen molar-refractivity contribution >= 4 is 5.91 Å². The quantitative estimate of drug-likeness (QED) is 0.764. The second kappa shape index (κ2) is 7.54. The van der Waals surface area contributed by atoms with Crippen molar-refractivity contribution in [1.82, 2.24) is 14.7 Å². The van der Waals surface area contributed by atoms with Crippen LogP contribution < -0.4 is 5.73 Å². The largest absolute Gasteiger partial charge is 0.374 e. The van der Waals surface area contributed by atoms with Gasteiger partial charge in [-0.1, -0.05) is 0 Å². The summed E-state index contributed by atoms with van der Waals surface area (Å²) in [4.78, 5) is 18.6. The van der Waals surface area contributed by atoms with Gasteiger partial charge in [0.1, 0.15) is 0 Å². The third kappa shape index (κ3) is 4.64. The maximum absolute atomic E-state index is 11.9. The molecule has 0 aromatic carbocycles. The SMILES string of the molecule is CC(N)C(=O)N1CCN(CC2CN(C(C)C)CCO2)CC1. The summed E-state index contributed by atoms with van der Waals surface area (Å²) in [5.41, 5.74) is 5.66. The normalized spacial score (nSPS) is 27.1. The van der Waals surface area contributed by atoms with Gasteiger partial charge in [-0.3, -0.25) is 14.6 Å². The summed E-state index contributed by atoms with van der Waals surface area (Å²) in [6, 6.07) is 0.190. The molecule has 2 aliphatic heterocycles. The molecule has 0 aromatic rings. The van der Waals surface area contributed by atoms with Gasteiger partial charge in [0.05, 0.1) is 18.8 Å². The Bertz CT molecular complexity index is 341. The van der Waals surface area contributed by atoms with E-state index in [1.54, 1.807) is 6.92 Å². The van der Waals surface area contributed by atoms with Crippen LogP contribution in [0.25, 0.3) is 0 Å². The van der Waals surface area contributed by atoms with Crippen LogP contribution in [0.1, 0.15) is 20.8 Å². The summed E-state index contributed by atoms with van der Waals surface area (Å²) >= 11 is 0. The van der Waals surface area contributed by atoms with Gasteiger partial charge in [-0.25, -0.2) is 0 Å². The van der Waals surface area contributed by atoms with Crippen LogP contribution in [0.4, 0.5) is 0 Å². The molecule has 0 spiro atoms. The maximum Gasteiger partial charge on any atom is 0.239 e. The van der Waals surface area contributed by atoms with Crippen molar-refractivity contribution in [2.24, 2.45) is 5.73 Å². The number of morpholine rings is 1. The van der Waals surface area contributed by atoms with E-state index in [4.69, 9.17) is 10.5 Å². The molecule has 2 saturated heterocycles. The minimum atomic E-state index is -0.391. The van der Waals surface area contributed by atoms with E-state index in [9.17, 15) is 4.79 Å². The number of carbonyl (C=O) groups excluding carboxylic acids is 1. The lowest BCUT2D eigenvalue weighted by Crippen LogP contribution is -2.55. The van der Waals surface area contributed by atoms with E-state index in [1.807, 2.05) is 4.90 Å². The fraction of sp³-hybridized carbons (Fsp3) is 0.933. The third-order valence-electron chi connectivity index (χ3n) is 4.44. The average Bonchev–Trinajstić information content (AvgIpc) is 2.47. The average molecular weight is 298 g/mol. The molecule has 2 N–H and O–H groups in total. The summed E-state index contributed by atoms with van der Waals surface area (Å²) < 4.78 is 5.89. The van der Waals surface area contributed by atoms with Gasteiger partial charge in [-0.05, 0) is 20.8 Å². The Morgan fingerprint density at radius 1 is 1.19 bits per heavy atom. The first-order valence-electron chi connectivity index (χ1n) is 8.09. The fourth-order valence-electron chi connectivity index (χ4n) is 3.05. The molecule has 2 unspecified atom stereocenters. The molecule has 2 rings (SSSR count). The van der Waals surface area contributed by atoms with Gasteiger partial charge in [0.15, 0.2) is 0 Å². The lowest BCUT2D eigenvalue weighted by atomic mass is 10.2. The van der Waals surface area contributed by atoms with Crippen LogP contribution in [0.5, 0.6) is 0 Å². The summed E-state index contributed by atoms with van der Waals surface area (Å²) in [5, 5.41) is 0. The molecule has 6 heteroatoms. The van der Waals surface area contributed by atoms with Gasteiger partial charge in [-0.15, -0.1) is 0 Å². The third-order valence-corrected chi connectivity index (χ3v) is 4.44. The smallest absolute Gasteiger partial charge is 0.239 e. The first kappa shape index (κ1) is 16.7. The van der Waals surface area contributed by atoms with Crippen molar-refractivity contribution < 1.29 is 9.53 Å². The highest BCUT2D eigenvalue weighted by atomic mass is 16.5. The Hall–Kier alpha value is -0.690. The lowest BCUT2D eigenvalue weighted by Gasteiger charge is -2.40. The number of hydrogen-bond acceptors (Lipinski definition) is 5. The monoisotopic (exact) mass is 298 g/mol. The van der Waals surface area contributed by atoms with Crippen molar-refractivity contribution in [2.45, 2.75) is 39.0 Å². The minimum absolute atomic E-state index is 0.0644. The van der Waals surface area contributed by atoms with Gasteiger partial charge in [0.25, 0.3) is 0 Å². The van der Waals surface area contributed by atoms with Crippen molar-refractivity contribution in [3.05, 3.63) is 0 Å². The molecule has 0 saturated carbocycles. The maximum atomic E-state index is 11.9. The van der Waals surface area contributed by atoms with E-state index in [-0.39, 0.29) is 12.0 Å². The van der Waals surface area contributed by atoms with Crippen LogP contribution in [0, 0.1) is 0 Å². The van der Waals surface area contributed by atoms with Crippen LogP contribution >= 0.6 is 0 Å². The highest BCUT2D eigenvalue weighted by Gasteiger charge is 2.27. The molecule has 2 atom stereocenters. The van der Waals surface area contributed by atoms with Gasteiger partial charge >= 0.3 is 0 Å². The number of nitrogens with two attached hydrogens (primary N) is 1. The molecular formula is C15H30N4O2. The first-order chi connectivity index (χ1) is 9.97. The van der Waals surface area contributed by atoms with E-state index in [0.29, 0.717) is 6.04 Å². The lowest BCUT2D eigenvalue weighted by molar-refractivity contribution is -0.134. The summed E-state index contributed by atoms with van der Waals surface area (Å²) in [6.07, 6.45) is 0.289. The van der Waals surface area contributed by atoms with E-state index >= 15 is 0 Å². The van der Waals surface area contributed by atoms with Crippen LogP contribution in [0.15, 0.2) is 0 Å². The number of nitrogens with zero attached hydrogens (tertiary/aromatic N) is 3. The first-order valence-corrected chi connectivity index (χ1v) is 8.09. The molecule has 0 aliphatic carbocycles. The zero-order chi connectivity index (χ0) is 15.4. The molecule has 1 amide bonds. The van der Waals surface area contributed by atoms with Gasteiger partial charge < -0.3 is 15.4 Å². The van der Waals surface area contributed by atoms with E-state index < -0.39 is 6.04 Å². The number of ether oxygens (including phenoxy) is 1. The highest BCUT2D eigenvalue weighted by Crippen LogP contribution is 2.12. The van der Waals surface area contributed by atoms with Crippen molar-refractivity contribution in [3.8, 4) is 0 Å². The van der Waals surface area contributed by atoms with Gasteiger partial charge in [0.2, 0.25) is 5.91 Å². The van der Waals surface area contributed by atoms with Crippen LogP contribution in [-0.4, -0.2) is 91.2 Å². The number of hydrogen-bond donors (Lipinski definition) is 1. The molecule has 2 aliphatic rings. The molecule has 21 heavy (non-hydrogen) atoms. The Morgan fingerprint density at radius 2 is 1.86 bits per heavy atom. The number of amides is 1. The predicted octanol–water partition coefficient (Wildman–Crippen LogP) is -0.413. The standard InChI is InChI=1S/C15H30N4O2/c1-12(2)19-8-9-21-14(11-19)10-17-4-6-18(7-5-17)15(20)13(3)16/h12-14H,4-11,16H2,1-3H3. The predicted molar refractivity (Wildman–Crippen MR) is 83.1 cm³/mol. The molecule has 122 valence electrons. The minimum Gasteiger partial charge on any atom is -0.374 e. The van der Waals surface area contributed by atoms with E-state index in [1.165, 1.54) is 0 Å².